The lowest BCUT2D eigenvalue weighted by molar-refractivity contribution is -0.140. The Labute approximate surface area is 96.3 Å². The highest BCUT2D eigenvalue weighted by molar-refractivity contribution is 8.00. The van der Waals surface area contributed by atoms with Gasteiger partial charge in [-0.2, -0.15) is 4.37 Å². The molecule has 4 nitrogen and oxygen atoms in total. The SMILES string of the molecule is CC(CSc1nc(C2CC2)ns1)C(=O)O. The van der Waals surface area contributed by atoms with Crippen LogP contribution in [0.4, 0.5) is 0 Å². The van der Waals surface area contributed by atoms with Crippen LogP contribution < -0.4 is 0 Å². The van der Waals surface area contributed by atoms with Crippen LogP contribution in [-0.2, 0) is 4.79 Å². The minimum absolute atomic E-state index is 0.330. The van der Waals surface area contributed by atoms with Crippen LogP contribution in [0.3, 0.4) is 0 Å². The molecular formula is C9H12N2O2S2. The van der Waals surface area contributed by atoms with Crippen molar-refractivity contribution in [3.05, 3.63) is 5.82 Å². The number of hydrogen-bond donors (Lipinski definition) is 1. The number of carboxylic acid groups (broad SMARTS) is 1. The van der Waals surface area contributed by atoms with Crippen LogP contribution in [-0.4, -0.2) is 26.2 Å². The predicted octanol–water partition coefficient (Wildman–Crippen LogP) is 2.23. The largest absolute Gasteiger partial charge is 0.481 e. The molecule has 0 aromatic carbocycles. The topological polar surface area (TPSA) is 63.1 Å². The van der Waals surface area contributed by atoms with Crippen molar-refractivity contribution in [2.45, 2.75) is 30.0 Å². The highest BCUT2D eigenvalue weighted by Crippen LogP contribution is 2.39. The van der Waals surface area contributed by atoms with Gasteiger partial charge in [0.15, 0.2) is 4.34 Å². The van der Waals surface area contributed by atoms with E-state index in [1.54, 1.807) is 6.92 Å². The summed E-state index contributed by atoms with van der Waals surface area (Å²) >= 11 is 2.87. The van der Waals surface area contributed by atoms with Gasteiger partial charge in [-0.1, -0.05) is 18.7 Å². The zero-order valence-electron chi connectivity index (χ0n) is 8.34. The Morgan fingerprint density at radius 2 is 2.47 bits per heavy atom. The maximum atomic E-state index is 10.6. The Morgan fingerprint density at radius 3 is 3.07 bits per heavy atom. The number of aromatic nitrogens is 2. The van der Waals surface area contributed by atoms with Gasteiger partial charge in [-0.3, -0.25) is 4.79 Å². The van der Waals surface area contributed by atoms with Crippen LogP contribution in [0.15, 0.2) is 4.34 Å². The zero-order chi connectivity index (χ0) is 10.8. The van der Waals surface area contributed by atoms with Gasteiger partial charge in [0, 0.05) is 11.7 Å². The van der Waals surface area contributed by atoms with Crippen molar-refractivity contribution in [2.24, 2.45) is 5.92 Å². The molecule has 1 saturated carbocycles. The Kier molecular flexibility index (Phi) is 3.25. The highest BCUT2D eigenvalue weighted by Gasteiger charge is 2.27. The van der Waals surface area contributed by atoms with Crippen LogP contribution >= 0.6 is 23.3 Å². The average molecular weight is 244 g/mol. The van der Waals surface area contributed by atoms with E-state index in [1.807, 2.05) is 0 Å². The second kappa shape index (κ2) is 4.49. The van der Waals surface area contributed by atoms with Crippen LogP contribution in [0, 0.1) is 5.92 Å². The summed E-state index contributed by atoms with van der Waals surface area (Å²) in [5, 5.41) is 8.72. The fourth-order valence-corrected chi connectivity index (χ4v) is 2.77. The molecule has 6 heteroatoms. The van der Waals surface area contributed by atoms with E-state index in [0.717, 1.165) is 10.2 Å². The summed E-state index contributed by atoms with van der Waals surface area (Å²) in [6, 6.07) is 0. The van der Waals surface area contributed by atoms with E-state index in [0.29, 0.717) is 11.7 Å². The Hall–Kier alpha value is -0.620. The average Bonchev–Trinajstić information content (AvgIpc) is 2.95. The van der Waals surface area contributed by atoms with Gasteiger partial charge in [-0.05, 0) is 24.4 Å². The number of rotatable bonds is 5. The molecule has 0 aliphatic heterocycles. The zero-order valence-corrected chi connectivity index (χ0v) is 9.98. The predicted molar refractivity (Wildman–Crippen MR) is 59.4 cm³/mol. The second-order valence-corrected chi connectivity index (χ2v) is 5.76. The summed E-state index contributed by atoms with van der Waals surface area (Å²) in [4.78, 5) is 15.0. The first-order chi connectivity index (χ1) is 7.16. The molecular weight excluding hydrogens is 232 g/mol. The van der Waals surface area contributed by atoms with E-state index in [9.17, 15) is 4.79 Å². The molecule has 0 spiro atoms. The van der Waals surface area contributed by atoms with Crippen LogP contribution in [0.1, 0.15) is 31.5 Å². The van der Waals surface area contributed by atoms with Crippen molar-refractivity contribution in [3.63, 3.8) is 0 Å². The Bertz CT molecular complexity index is 363. The standard InChI is InChI=1S/C9H12N2O2S2/c1-5(8(12)13)4-14-9-10-7(11-15-9)6-2-3-6/h5-6H,2-4H2,1H3,(H,12,13). The van der Waals surface area contributed by atoms with Gasteiger partial charge in [0.05, 0.1) is 5.92 Å². The van der Waals surface area contributed by atoms with Crippen LogP contribution in [0.2, 0.25) is 0 Å². The maximum absolute atomic E-state index is 10.6. The van der Waals surface area contributed by atoms with Crippen molar-refractivity contribution in [1.82, 2.24) is 9.36 Å². The molecule has 1 fully saturated rings. The van der Waals surface area contributed by atoms with Gasteiger partial charge in [0.2, 0.25) is 0 Å². The van der Waals surface area contributed by atoms with E-state index in [-0.39, 0.29) is 5.92 Å². The smallest absolute Gasteiger partial charge is 0.307 e. The lowest BCUT2D eigenvalue weighted by Crippen LogP contribution is -2.11. The third-order valence-electron chi connectivity index (χ3n) is 2.24. The molecule has 1 aliphatic carbocycles. The van der Waals surface area contributed by atoms with Gasteiger partial charge in [-0.25, -0.2) is 4.98 Å². The normalized spacial score (nSPS) is 17.7. The van der Waals surface area contributed by atoms with Crippen molar-refractivity contribution < 1.29 is 9.90 Å². The minimum atomic E-state index is -0.755. The molecule has 1 atom stereocenters. The number of carbonyl (C=O) groups is 1. The van der Waals surface area contributed by atoms with E-state index in [4.69, 9.17) is 5.11 Å². The van der Waals surface area contributed by atoms with Crippen molar-refractivity contribution in [2.75, 3.05) is 5.75 Å². The van der Waals surface area contributed by atoms with E-state index < -0.39 is 5.97 Å². The second-order valence-electron chi connectivity index (χ2n) is 3.74. The molecule has 1 aliphatic rings. The Balaban J connectivity index is 1.85. The molecule has 0 radical (unpaired) electrons. The third kappa shape index (κ3) is 2.92. The third-order valence-corrected chi connectivity index (χ3v) is 4.35. The maximum Gasteiger partial charge on any atom is 0.307 e. The van der Waals surface area contributed by atoms with E-state index in [2.05, 4.69) is 9.36 Å². The fourth-order valence-electron chi connectivity index (χ4n) is 1.05. The molecule has 0 bridgehead atoms. The summed E-state index contributed by atoms with van der Waals surface area (Å²) < 4.78 is 5.16. The number of nitrogens with zero attached hydrogens (tertiary/aromatic N) is 2. The quantitative estimate of drug-likeness (QED) is 0.805. The molecule has 1 heterocycles. The summed E-state index contributed by atoms with van der Waals surface area (Å²) in [5.74, 6) is 1.00. The molecule has 2 rings (SSSR count). The van der Waals surface area contributed by atoms with Crippen molar-refractivity contribution in [3.8, 4) is 0 Å². The van der Waals surface area contributed by atoms with E-state index >= 15 is 0 Å². The van der Waals surface area contributed by atoms with Crippen molar-refractivity contribution >= 4 is 29.3 Å². The lowest BCUT2D eigenvalue weighted by atomic mass is 10.2. The molecule has 1 N–H and O–H groups in total. The highest BCUT2D eigenvalue weighted by atomic mass is 32.2. The van der Waals surface area contributed by atoms with Gasteiger partial charge >= 0.3 is 5.97 Å². The lowest BCUT2D eigenvalue weighted by Gasteiger charge is -2.01. The van der Waals surface area contributed by atoms with Gasteiger partial charge in [-0.15, -0.1) is 0 Å². The van der Waals surface area contributed by atoms with Gasteiger partial charge < -0.3 is 5.11 Å². The fraction of sp³-hybridized carbons (Fsp3) is 0.667. The number of aliphatic carboxylic acids is 1. The molecule has 82 valence electrons. The molecule has 1 aromatic heterocycles. The Morgan fingerprint density at radius 1 is 1.73 bits per heavy atom. The molecule has 0 amide bonds. The summed E-state index contributed by atoms with van der Waals surface area (Å²) in [7, 11) is 0. The van der Waals surface area contributed by atoms with Crippen LogP contribution in [0.5, 0.6) is 0 Å². The number of hydrogen-bond acceptors (Lipinski definition) is 5. The summed E-state index contributed by atoms with van der Waals surface area (Å²) in [6.07, 6.45) is 2.40. The monoisotopic (exact) mass is 244 g/mol. The molecule has 1 aromatic rings. The van der Waals surface area contributed by atoms with Gasteiger partial charge in [0.25, 0.3) is 0 Å². The van der Waals surface area contributed by atoms with Crippen LogP contribution in [0.25, 0.3) is 0 Å². The number of carboxylic acids is 1. The summed E-state index contributed by atoms with van der Waals surface area (Å²) in [6.45, 7) is 1.71. The minimum Gasteiger partial charge on any atom is -0.481 e. The first-order valence-corrected chi connectivity index (χ1v) is 6.62. The number of thioether (sulfide) groups is 1. The van der Waals surface area contributed by atoms with E-state index in [1.165, 1.54) is 36.1 Å². The van der Waals surface area contributed by atoms with Crippen molar-refractivity contribution in [1.29, 1.82) is 0 Å². The molecule has 0 saturated heterocycles. The first kappa shape index (κ1) is 10.9. The molecule has 15 heavy (non-hydrogen) atoms. The first-order valence-electron chi connectivity index (χ1n) is 4.86. The molecule has 1 unspecified atom stereocenters. The van der Waals surface area contributed by atoms with Gasteiger partial charge in [0.1, 0.15) is 5.82 Å². The summed E-state index contributed by atoms with van der Waals surface area (Å²) in [5.41, 5.74) is 0.